The van der Waals surface area contributed by atoms with Crippen molar-refractivity contribution in [1.29, 1.82) is 0 Å². The van der Waals surface area contributed by atoms with Crippen molar-refractivity contribution in [1.82, 2.24) is 19.9 Å². The summed E-state index contributed by atoms with van der Waals surface area (Å²) in [6, 6.07) is 12.8. The van der Waals surface area contributed by atoms with Gasteiger partial charge in [0, 0.05) is 36.1 Å². The maximum Gasteiger partial charge on any atom is 0.433 e. The zero-order valence-electron chi connectivity index (χ0n) is 18.6. The van der Waals surface area contributed by atoms with E-state index in [2.05, 4.69) is 20.3 Å². The highest BCUT2D eigenvalue weighted by Crippen LogP contribution is 2.30. The number of carbonyl (C=O) groups is 2. The number of carbonyl (C=O) groups excluding carboxylic acids is 2. The van der Waals surface area contributed by atoms with E-state index in [0.717, 1.165) is 35.0 Å². The first-order valence-electron chi connectivity index (χ1n) is 10.9. The molecule has 4 aromatic rings. The van der Waals surface area contributed by atoms with Gasteiger partial charge in [0.05, 0.1) is 11.3 Å². The summed E-state index contributed by atoms with van der Waals surface area (Å²) in [5.41, 5.74) is 2.53. The number of hydrogen-bond donors (Lipinski definition) is 1. The number of likely N-dealkylation sites (tertiary alicyclic amines) is 1. The molecule has 1 unspecified atom stereocenters. The van der Waals surface area contributed by atoms with Crippen LogP contribution in [-0.2, 0) is 11.0 Å². The SMILES string of the molecule is O=C(Nc1nc(-c2cccc(-c3ccncc3)c2)cs1)C1CCN1C(=O)c1ccc(C(F)(F)F)nc1. The molecule has 5 rings (SSSR count). The van der Waals surface area contributed by atoms with Crippen LogP contribution in [0.25, 0.3) is 22.4 Å². The van der Waals surface area contributed by atoms with Gasteiger partial charge in [-0.3, -0.25) is 19.6 Å². The summed E-state index contributed by atoms with van der Waals surface area (Å²) in [6.45, 7) is 0.322. The van der Waals surface area contributed by atoms with E-state index in [0.29, 0.717) is 23.8 Å². The summed E-state index contributed by atoms with van der Waals surface area (Å²) in [4.78, 5) is 38.7. The van der Waals surface area contributed by atoms with Crippen LogP contribution in [0.4, 0.5) is 18.3 Å². The lowest BCUT2D eigenvalue weighted by Gasteiger charge is -2.39. The Kier molecular flexibility index (Phi) is 6.23. The van der Waals surface area contributed by atoms with E-state index in [9.17, 15) is 22.8 Å². The lowest BCUT2D eigenvalue weighted by molar-refractivity contribution is -0.141. The standard InChI is InChI=1S/C25H18F3N5O2S/c26-25(27,28)21-5-4-18(13-30-21)23(35)33-11-8-20(33)22(34)32-24-31-19(14-36-24)17-3-1-2-16(12-17)15-6-9-29-10-7-15/h1-7,9-10,12-14,20H,8,11H2,(H,31,32,34). The minimum atomic E-state index is -4.59. The largest absolute Gasteiger partial charge is 0.433 e. The summed E-state index contributed by atoms with van der Waals surface area (Å²) in [6.07, 6.45) is 0.180. The predicted octanol–water partition coefficient (Wildman–Crippen LogP) is 5.14. The van der Waals surface area contributed by atoms with Crippen LogP contribution in [0, 0.1) is 0 Å². The van der Waals surface area contributed by atoms with Crippen LogP contribution in [0.5, 0.6) is 0 Å². The quantitative estimate of drug-likeness (QED) is 0.403. The van der Waals surface area contributed by atoms with Gasteiger partial charge in [0.15, 0.2) is 5.13 Å². The second-order valence-corrected chi connectivity index (χ2v) is 8.93. The van der Waals surface area contributed by atoms with Gasteiger partial charge >= 0.3 is 6.18 Å². The number of halogens is 3. The third-order valence-corrected chi connectivity index (χ3v) is 6.55. The molecule has 0 aliphatic carbocycles. The fourth-order valence-electron chi connectivity index (χ4n) is 3.81. The van der Waals surface area contributed by atoms with Crippen LogP contribution >= 0.6 is 11.3 Å². The zero-order chi connectivity index (χ0) is 25.3. The molecule has 0 spiro atoms. The van der Waals surface area contributed by atoms with Crippen molar-refractivity contribution in [3.05, 3.63) is 83.8 Å². The van der Waals surface area contributed by atoms with Crippen molar-refractivity contribution >= 4 is 28.3 Å². The molecular formula is C25H18F3N5O2S. The van der Waals surface area contributed by atoms with E-state index in [1.54, 1.807) is 12.4 Å². The van der Waals surface area contributed by atoms with Gasteiger partial charge in [-0.1, -0.05) is 18.2 Å². The Morgan fingerprint density at radius 1 is 1.03 bits per heavy atom. The maximum absolute atomic E-state index is 12.8. The average molecular weight is 510 g/mol. The summed E-state index contributed by atoms with van der Waals surface area (Å²) in [5, 5.41) is 4.97. The molecule has 1 aliphatic heterocycles. The van der Waals surface area contributed by atoms with Gasteiger partial charge in [0.25, 0.3) is 5.91 Å². The van der Waals surface area contributed by atoms with E-state index in [1.165, 1.54) is 16.2 Å². The number of thiazole rings is 1. The van der Waals surface area contributed by atoms with Crippen molar-refractivity contribution < 1.29 is 22.8 Å². The fourth-order valence-corrected chi connectivity index (χ4v) is 4.53. The van der Waals surface area contributed by atoms with Crippen LogP contribution in [0.3, 0.4) is 0 Å². The molecule has 0 saturated carbocycles. The van der Waals surface area contributed by atoms with Gasteiger partial charge in [-0.2, -0.15) is 13.2 Å². The molecule has 1 fully saturated rings. The molecule has 1 aliphatic rings. The Morgan fingerprint density at radius 3 is 2.47 bits per heavy atom. The number of aromatic nitrogens is 3. The first kappa shape index (κ1) is 23.6. The first-order valence-corrected chi connectivity index (χ1v) is 11.8. The third kappa shape index (κ3) is 4.82. The molecule has 1 saturated heterocycles. The molecule has 0 radical (unpaired) electrons. The maximum atomic E-state index is 12.8. The topological polar surface area (TPSA) is 88.1 Å². The van der Waals surface area contributed by atoms with E-state index >= 15 is 0 Å². The van der Waals surface area contributed by atoms with Crippen LogP contribution in [0.1, 0.15) is 22.5 Å². The number of pyridine rings is 2. The predicted molar refractivity (Wildman–Crippen MR) is 128 cm³/mol. The molecule has 36 heavy (non-hydrogen) atoms. The Morgan fingerprint density at radius 2 is 1.81 bits per heavy atom. The van der Waals surface area contributed by atoms with E-state index in [4.69, 9.17) is 0 Å². The first-order chi connectivity index (χ1) is 17.3. The molecular weight excluding hydrogens is 491 g/mol. The molecule has 1 N–H and O–H groups in total. The van der Waals surface area contributed by atoms with Gasteiger partial charge in [-0.25, -0.2) is 4.98 Å². The minimum Gasteiger partial charge on any atom is -0.326 e. The third-order valence-electron chi connectivity index (χ3n) is 5.79. The van der Waals surface area contributed by atoms with E-state index < -0.39 is 29.7 Å². The molecule has 1 aromatic carbocycles. The van der Waals surface area contributed by atoms with Crippen LogP contribution in [0.2, 0.25) is 0 Å². The number of alkyl halides is 3. The lowest BCUT2D eigenvalue weighted by Crippen LogP contribution is -2.56. The highest BCUT2D eigenvalue weighted by molar-refractivity contribution is 7.14. The number of amides is 2. The van der Waals surface area contributed by atoms with Gasteiger partial charge in [-0.05, 0) is 47.9 Å². The number of anilines is 1. The second kappa shape index (κ2) is 9.50. The number of nitrogens with one attached hydrogen (secondary N) is 1. The van der Waals surface area contributed by atoms with Gasteiger partial charge in [0.1, 0.15) is 11.7 Å². The highest BCUT2D eigenvalue weighted by Gasteiger charge is 2.39. The number of hydrogen-bond acceptors (Lipinski definition) is 6. The van der Waals surface area contributed by atoms with Crippen molar-refractivity contribution in [2.75, 3.05) is 11.9 Å². The lowest BCUT2D eigenvalue weighted by atomic mass is 10.0. The van der Waals surface area contributed by atoms with Gasteiger partial charge in [0.2, 0.25) is 5.91 Å². The number of nitrogens with zero attached hydrogens (tertiary/aromatic N) is 4. The van der Waals surface area contributed by atoms with E-state index in [-0.39, 0.29) is 5.56 Å². The number of rotatable bonds is 5. The molecule has 182 valence electrons. The molecule has 11 heteroatoms. The van der Waals surface area contributed by atoms with Crippen molar-refractivity contribution in [2.45, 2.75) is 18.6 Å². The van der Waals surface area contributed by atoms with Crippen molar-refractivity contribution in [3.8, 4) is 22.4 Å². The Bertz CT molecular complexity index is 1410. The highest BCUT2D eigenvalue weighted by atomic mass is 32.1. The Hall–Kier alpha value is -4.12. The minimum absolute atomic E-state index is 0.00823. The normalized spacial score (nSPS) is 15.3. The summed E-state index contributed by atoms with van der Waals surface area (Å²) >= 11 is 1.26. The van der Waals surface area contributed by atoms with Gasteiger partial charge in [-0.15, -0.1) is 11.3 Å². The Labute approximate surface area is 207 Å². The molecule has 7 nitrogen and oxygen atoms in total. The Balaban J connectivity index is 1.25. The van der Waals surface area contributed by atoms with Crippen molar-refractivity contribution in [2.24, 2.45) is 0 Å². The van der Waals surface area contributed by atoms with Crippen LogP contribution in [-0.4, -0.2) is 44.3 Å². The smallest absolute Gasteiger partial charge is 0.326 e. The summed E-state index contributed by atoms with van der Waals surface area (Å²) in [5.74, 6) is -0.948. The zero-order valence-corrected chi connectivity index (χ0v) is 19.4. The fraction of sp³-hybridized carbons (Fsp3) is 0.160. The molecule has 2 amide bonds. The molecule has 3 aromatic heterocycles. The number of benzene rings is 1. The summed E-state index contributed by atoms with van der Waals surface area (Å²) < 4.78 is 38.2. The molecule has 1 atom stereocenters. The monoisotopic (exact) mass is 509 g/mol. The second-order valence-electron chi connectivity index (χ2n) is 8.08. The van der Waals surface area contributed by atoms with Gasteiger partial charge < -0.3 is 10.2 Å². The molecule has 0 bridgehead atoms. The van der Waals surface area contributed by atoms with Crippen LogP contribution < -0.4 is 5.32 Å². The molecule has 4 heterocycles. The van der Waals surface area contributed by atoms with Crippen molar-refractivity contribution in [3.63, 3.8) is 0 Å². The van der Waals surface area contributed by atoms with Crippen LogP contribution in [0.15, 0.2) is 72.5 Å². The summed E-state index contributed by atoms with van der Waals surface area (Å²) in [7, 11) is 0. The van der Waals surface area contributed by atoms with E-state index in [1.807, 2.05) is 41.8 Å². The average Bonchev–Trinajstić information content (AvgIpc) is 3.32.